The third-order valence-electron chi connectivity index (χ3n) is 6.91. The molecule has 0 radical (unpaired) electrons. The van der Waals surface area contributed by atoms with Gasteiger partial charge in [-0.25, -0.2) is 0 Å². The van der Waals surface area contributed by atoms with Gasteiger partial charge in [-0.15, -0.1) is 0 Å². The van der Waals surface area contributed by atoms with Crippen molar-refractivity contribution in [3.63, 3.8) is 0 Å². The predicted molar refractivity (Wildman–Crippen MR) is 136 cm³/mol. The van der Waals surface area contributed by atoms with Gasteiger partial charge in [-0.05, 0) is 60.9 Å². The molecule has 8 nitrogen and oxygen atoms in total. The van der Waals surface area contributed by atoms with Crippen molar-refractivity contribution in [2.75, 3.05) is 10.6 Å². The summed E-state index contributed by atoms with van der Waals surface area (Å²) in [7, 11) is 1.80. The van der Waals surface area contributed by atoms with E-state index in [-0.39, 0.29) is 11.8 Å². The summed E-state index contributed by atoms with van der Waals surface area (Å²) in [6, 6.07) is 8.84. The molecule has 1 atom stereocenters. The number of hydrogen-bond donors (Lipinski definition) is 3. The van der Waals surface area contributed by atoms with Crippen molar-refractivity contribution in [1.29, 1.82) is 0 Å². The number of carbonyl (C=O) groups is 2. The van der Waals surface area contributed by atoms with E-state index >= 15 is 0 Å². The maximum atomic E-state index is 13.2. The molecule has 2 aliphatic rings. The minimum Gasteiger partial charge on any atom is -0.354 e. The van der Waals surface area contributed by atoms with Crippen LogP contribution in [0.3, 0.4) is 0 Å². The minimum atomic E-state index is -0.609. The molecule has 182 valence electrons. The highest BCUT2D eigenvalue weighted by Gasteiger charge is 2.28. The molecule has 2 aliphatic carbocycles. The highest BCUT2D eigenvalue weighted by Crippen LogP contribution is 2.43. The standard InChI is InChI=1S/C27H32N6O2/c1-33-17-22(15-29-33)31-27(35)24(13-18-5-2-3-6-18)32-26(34)20-7-4-8-21(14-20)30-25-16-28-12-11-23(25)19-9-10-19/h4,7-8,11-12,14-19,24,30H,2-3,5-6,9-10,13H2,1H3,(H,31,35)(H,32,34)/t24-/m0/s1. The first-order chi connectivity index (χ1) is 17.0. The number of aromatic nitrogens is 3. The van der Waals surface area contributed by atoms with E-state index in [0.29, 0.717) is 29.5 Å². The van der Waals surface area contributed by atoms with Crippen LogP contribution in [-0.4, -0.2) is 32.6 Å². The summed E-state index contributed by atoms with van der Waals surface area (Å²) in [4.78, 5) is 30.6. The number of hydrogen-bond acceptors (Lipinski definition) is 5. The van der Waals surface area contributed by atoms with Crippen molar-refractivity contribution in [3.05, 3.63) is 66.2 Å². The van der Waals surface area contributed by atoms with Gasteiger partial charge in [0.2, 0.25) is 5.91 Å². The lowest BCUT2D eigenvalue weighted by molar-refractivity contribution is -0.118. The Bertz CT molecular complexity index is 1200. The number of nitrogens with zero attached hydrogens (tertiary/aromatic N) is 3. The summed E-state index contributed by atoms with van der Waals surface area (Å²) in [5.41, 5.74) is 4.19. The number of benzene rings is 1. The Hall–Kier alpha value is -3.68. The van der Waals surface area contributed by atoms with E-state index in [4.69, 9.17) is 0 Å². The van der Waals surface area contributed by atoms with E-state index < -0.39 is 6.04 Å². The molecule has 2 fully saturated rings. The van der Waals surface area contributed by atoms with Gasteiger partial charge in [-0.1, -0.05) is 31.7 Å². The first-order valence-electron chi connectivity index (χ1n) is 12.5. The molecule has 1 aromatic carbocycles. The second kappa shape index (κ2) is 10.3. The van der Waals surface area contributed by atoms with Crippen molar-refractivity contribution in [1.82, 2.24) is 20.1 Å². The van der Waals surface area contributed by atoms with Crippen LogP contribution in [0, 0.1) is 5.92 Å². The molecule has 2 aromatic heterocycles. The number of aryl methyl sites for hydroxylation is 1. The van der Waals surface area contributed by atoms with Crippen molar-refractivity contribution < 1.29 is 9.59 Å². The van der Waals surface area contributed by atoms with E-state index in [1.165, 1.54) is 31.2 Å². The Labute approximate surface area is 205 Å². The van der Waals surface area contributed by atoms with E-state index in [9.17, 15) is 9.59 Å². The second-order valence-corrected chi connectivity index (χ2v) is 9.75. The van der Waals surface area contributed by atoms with Crippen molar-refractivity contribution in [2.24, 2.45) is 13.0 Å². The van der Waals surface area contributed by atoms with Crippen LogP contribution >= 0.6 is 0 Å². The van der Waals surface area contributed by atoms with Gasteiger partial charge < -0.3 is 16.0 Å². The minimum absolute atomic E-state index is 0.211. The van der Waals surface area contributed by atoms with E-state index in [1.54, 1.807) is 30.2 Å². The number of rotatable bonds is 9. The molecule has 0 saturated heterocycles. The average Bonchev–Trinajstić information content (AvgIpc) is 3.42. The Morgan fingerprint density at radius 2 is 1.91 bits per heavy atom. The van der Waals surface area contributed by atoms with E-state index in [2.05, 4.69) is 32.1 Å². The zero-order chi connectivity index (χ0) is 24.2. The fourth-order valence-corrected chi connectivity index (χ4v) is 4.92. The molecular weight excluding hydrogens is 440 g/mol. The van der Waals surface area contributed by atoms with Crippen LogP contribution in [0.4, 0.5) is 17.1 Å². The van der Waals surface area contributed by atoms with Crippen LogP contribution in [-0.2, 0) is 11.8 Å². The molecule has 0 aliphatic heterocycles. The van der Waals surface area contributed by atoms with Gasteiger partial charge in [0.25, 0.3) is 5.91 Å². The van der Waals surface area contributed by atoms with Gasteiger partial charge in [-0.2, -0.15) is 5.10 Å². The number of carbonyl (C=O) groups excluding carboxylic acids is 2. The monoisotopic (exact) mass is 472 g/mol. The number of nitrogens with one attached hydrogen (secondary N) is 3. The molecule has 3 N–H and O–H groups in total. The molecule has 2 saturated carbocycles. The van der Waals surface area contributed by atoms with E-state index in [1.807, 2.05) is 30.6 Å². The Morgan fingerprint density at radius 1 is 1.09 bits per heavy atom. The van der Waals surface area contributed by atoms with Gasteiger partial charge in [0.15, 0.2) is 0 Å². The van der Waals surface area contributed by atoms with Crippen LogP contribution in [0.5, 0.6) is 0 Å². The average molecular weight is 473 g/mol. The zero-order valence-electron chi connectivity index (χ0n) is 20.0. The van der Waals surface area contributed by atoms with Crippen molar-refractivity contribution >= 4 is 28.9 Å². The molecule has 2 heterocycles. The third kappa shape index (κ3) is 5.88. The number of pyridine rings is 1. The van der Waals surface area contributed by atoms with E-state index in [0.717, 1.165) is 24.2 Å². The predicted octanol–water partition coefficient (Wildman–Crippen LogP) is 4.75. The van der Waals surface area contributed by atoms with Crippen LogP contribution in [0.1, 0.15) is 66.8 Å². The molecule has 3 aromatic rings. The Balaban J connectivity index is 1.29. The summed E-state index contributed by atoms with van der Waals surface area (Å²) in [5.74, 6) is 0.560. The van der Waals surface area contributed by atoms with Gasteiger partial charge in [0, 0.05) is 30.7 Å². The highest BCUT2D eigenvalue weighted by atomic mass is 16.2. The first-order valence-corrected chi connectivity index (χ1v) is 12.5. The molecule has 0 bridgehead atoms. The zero-order valence-corrected chi connectivity index (χ0v) is 20.0. The first kappa shape index (κ1) is 23.1. The lowest BCUT2D eigenvalue weighted by Gasteiger charge is -2.21. The van der Waals surface area contributed by atoms with Gasteiger partial charge in [-0.3, -0.25) is 19.3 Å². The molecule has 2 amide bonds. The summed E-state index contributed by atoms with van der Waals surface area (Å²) in [6.07, 6.45) is 14.6. The number of anilines is 3. The SMILES string of the molecule is Cn1cc(NC(=O)[C@H](CC2CCCC2)NC(=O)c2cccc(Nc3cnccc3C3CC3)c2)cn1. The summed E-state index contributed by atoms with van der Waals surface area (Å²) < 4.78 is 1.63. The van der Waals surface area contributed by atoms with Crippen molar-refractivity contribution in [2.45, 2.75) is 56.9 Å². The molecule has 5 rings (SSSR count). The summed E-state index contributed by atoms with van der Waals surface area (Å²) in [6.45, 7) is 0. The fraction of sp³-hybridized carbons (Fsp3) is 0.407. The largest absolute Gasteiger partial charge is 0.354 e. The fourth-order valence-electron chi connectivity index (χ4n) is 4.92. The normalized spacial score (nSPS) is 16.6. The molecule has 0 spiro atoms. The topological polar surface area (TPSA) is 101 Å². The van der Waals surface area contributed by atoms with Gasteiger partial charge >= 0.3 is 0 Å². The molecule has 0 unspecified atom stereocenters. The lowest BCUT2D eigenvalue weighted by Crippen LogP contribution is -2.44. The summed E-state index contributed by atoms with van der Waals surface area (Å²) in [5, 5.41) is 13.4. The van der Waals surface area contributed by atoms with Crippen LogP contribution in [0.15, 0.2) is 55.1 Å². The van der Waals surface area contributed by atoms with Crippen LogP contribution in [0.2, 0.25) is 0 Å². The van der Waals surface area contributed by atoms with Gasteiger partial charge in [0.05, 0.1) is 23.8 Å². The smallest absolute Gasteiger partial charge is 0.252 e. The van der Waals surface area contributed by atoms with Crippen LogP contribution in [0.25, 0.3) is 0 Å². The maximum absolute atomic E-state index is 13.2. The van der Waals surface area contributed by atoms with Crippen LogP contribution < -0.4 is 16.0 Å². The lowest BCUT2D eigenvalue weighted by atomic mass is 9.97. The number of amides is 2. The Kier molecular flexibility index (Phi) is 6.79. The Morgan fingerprint density at radius 3 is 2.66 bits per heavy atom. The highest BCUT2D eigenvalue weighted by molar-refractivity contribution is 6.01. The molecule has 35 heavy (non-hydrogen) atoms. The van der Waals surface area contributed by atoms with Gasteiger partial charge in [0.1, 0.15) is 6.04 Å². The second-order valence-electron chi connectivity index (χ2n) is 9.75. The maximum Gasteiger partial charge on any atom is 0.252 e. The van der Waals surface area contributed by atoms with Crippen molar-refractivity contribution in [3.8, 4) is 0 Å². The quantitative estimate of drug-likeness (QED) is 0.417. The summed E-state index contributed by atoms with van der Waals surface area (Å²) >= 11 is 0. The molecular formula is C27H32N6O2. The third-order valence-corrected chi connectivity index (χ3v) is 6.91. The molecule has 8 heteroatoms.